The third-order valence-electron chi connectivity index (χ3n) is 1.99. The summed E-state index contributed by atoms with van der Waals surface area (Å²) in [5, 5.41) is 8.69. The molecule has 0 aromatic carbocycles. The molecule has 6 nitrogen and oxygen atoms in total. The van der Waals surface area contributed by atoms with Crippen molar-refractivity contribution in [2.24, 2.45) is 0 Å². The first-order valence-corrected chi connectivity index (χ1v) is 4.39. The zero-order valence-electron chi connectivity index (χ0n) is 8.07. The van der Waals surface area contributed by atoms with Crippen molar-refractivity contribution in [2.75, 3.05) is 0 Å². The van der Waals surface area contributed by atoms with Crippen LogP contribution in [0.1, 0.15) is 21.0 Å². The smallest absolute Gasteiger partial charge is 0.356 e. The Morgan fingerprint density at radius 2 is 2.19 bits per heavy atom. The molecule has 0 saturated heterocycles. The molecule has 0 radical (unpaired) electrons. The maximum Gasteiger partial charge on any atom is 0.356 e. The van der Waals surface area contributed by atoms with Crippen molar-refractivity contribution < 1.29 is 14.7 Å². The summed E-state index contributed by atoms with van der Waals surface area (Å²) in [5.74, 6) is -1.09. The van der Waals surface area contributed by atoms with E-state index in [2.05, 4.69) is 9.97 Å². The van der Waals surface area contributed by atoms with Crippen LogP contribution in [0.4, 0.5) is 0 Å². The van der Waals surface area contributed by atoms with E-state index < -0.39 is 5.97 Å². The van der Waals surface area contributed by atoms with Crippen LogP contribution in [0.15, 0.2) is 30.9 Å². The Morgan fingerprint density at radius 3 is 2.69 bits per heavy atom. The summed E-state index contributed by atoms with van der Waals surface area (Å²) in [6.45, 7) is 0. The van der Waals surface area contributed by atoms with Crippen LogP contribution in [0.5, 0.6) is 0 Å². The van der Waals surface area contributed by atoms with Gasteiger partial charge in [-0.1, -0.05) is 0 Å². The van der Waals surface area contributed by atoms with E-state index in [1.54, 1.807) is 12.1 Å². The minimum atomic E-state index is -1.09. The molecule has 0 aliphatic heterocycles. The molecule has 1 N–H and O–H groups in total. The number of aromatic nitrogens is 3. The van der Waals surface area contributed by atoms with Gasteiger partial charge < -0.3 is 9.67 Å². The first kappa shape index (κ1) is 10.0. The first-order valence-electron chi connectivity index (χ1n) is 4.39. The predicted octanol–water partition coefficient (Wildman–Crippen LogP) is 0.778. The van der Waals surface area contributed by atoms with E-state index in [9.17, 15) is 9.59 Å². The van der Waals surface area contributed by atoms with Gasteiger partial charge in [0, 0.05) is 6.20 Å². The molecule has 6 heteroatoms. The predicted molar refractivity (Wildman–Crippen MR) is 53.7 cm³/mol. The van der Waals surface area contributed by atoms with Gasteiger partial charge in [-0.15, -0.1) is 0 Å². The molecule has 0 amide bonds. The Bertz CT molecular complexity index is 530. The van der Waals surface area contributed by atoms with Crippen LogP contribution in [-0.2, 0) is 0 Å². The fourth-order valence-electron chi connectivity index (χ4n) is 1.19. The summed E-state index contributed by atoms with van der Waals surface area (Å²) < 4.78 is 1.52. The van der Waals surface area contributed by atoms with Gasteiger partial charge >= 0.3 is 5.97 Å². The number of pyridine rings is 1. The minimum absolute atomic E-state index is 0.0422. The summed E-state index contributed by atoms with van der Waals surface area (Å²) in [4.78, 5) is 28.6. The standard InChI is InChI=1S/C10H7N3O3/c14-5-7-1-2-8(3-11-7)13-4-9(10(15)16)12-6-13/h1-6H,(H,15,16). The highest BCUT2D eigenvalue weighted by atomic mass is 16.4. The van der Waals surface area contributed by atoms with E-state index in [0.717, 1.165) is 0 Å². The quantitative estimate of drug-likeness (QED) is 0.768. The molecule has 2 aromatic heterocycles. The fraction of sp³-hybridized carbons (Fsp3) is 0. The van der Waals surface area contributed by atoms with Gasteiger partial charge in [0.25, 0.3) is 0 Å². The molecule has 80 valence electrons. The van der Waals surface area contributed by atoms with Crippen molar-refractivity contribution >= 4 is 12.3 Å². The number of nitrogens with zero attached hydrogens (tertiary/aromatic N) is 3. The number of hydrogen-bond donors (Lipinski definition) is 1. The molecule has 16 heavy (non-hydrogen) atoms. The molecule has 0 bridgehead atoms. The monoisotopic (exact) mass is 217 g/mol. The van der Waals surface area contributed by atoms with Crippen LogP contribution in [0.3, 0.4) is 0 Å². The first-order chi connectivity index (χ1) is 7.70. The molecule has 0 fully saturated rings. The molecule has 2 rings (SSSR count). The molecule has 2 aromatic rings. The summed E-state index contributed by atoms with van der Waals surface area (Å²) in [6, 6.07) is 3.20. The Kier molecular flexibility index (Phi) is 2.47. The average molecular weight is 217 g/mol. The van der Waals surface area contributed by atoms with Crippen LogP contribution in [0.2, 0.25) is 0 Å². The maximum atomic E-state index is 10.6. The number of aromatic carboxylic acids is 1. The molecule has 0 unspecified atom stereocenters. The lowest BCUT2D eigenvalue weighted by Crippen LogP contribution is -1.96. The average Bonchev–Trinajstić information content (AvgIpc) is 2.78. The van der Waals surface area contributed by atoms with Gasteiger partial charge in [0.2, 0.25) is 0 Å². The summed E-state index contributed by atoms with van der Waals surface area (Å²) in [7, 11) is 0. The molecule has 0 aliphatic rings. The number of carboxylic acid groups (broad SMARTS) is 1. The van der Waals surface area contributed by atoms with Crippen molar-refractivity contribution in [1.82, 2.24) is 14.5 Å². The number of hydrogen-bond acceptors (Lipinski definition) is 4. The van der Waals surface area contributed by atoms with E-state index in [4.69, 9.17) is 5.11 Å². The van der Waals surface area contributed by atoms with Gasteiger partial charge in [-0.2, -0.15) is 0 Å². The molecule has 2 heterocycles. The van der Waals surface area contributed by atoms with Crippen LogP contribution in [0, 0.1) is 0 Å². The fourth-order valence-corrected chi connectivity index (χ4v) is 1.19. The highest BCUT2D eigenvalue weighted by molar-refractivity contribution is 5.85. The van der Waals surface area contributed by atoms with E-state index in [1.165, 1.54) is 23.3 Å². The van der Waals surface area contributed by atoms with Crippen LogP contribution in [0.25, 0.3) is 5.69 Å². The van der Waals surface area contributed by atoms with Gasteiger partial charge in [0.05, 0.1) is 11.9 Å². The van der Waals surface area contributed by atoms with Gasteiger partial charge in [-0.3, -0.25) is 9.78 Å². The van der Waals surface area contributed by atoms with Gasteiger partial charge in [0.15, 0.2) is 12.0 Å². The number of carboxylic acids is 1. The second-order valence-electron chi connectivity index (χ2n) is 3.03. The third kappa shape index (κ3) is 1.81. The van der Waals surface area contributed by atoms with E-state index in [0.29, 0.717) is 17.7 Å². The number of rotatable bonds is 3. The molecule has 0 saturated carbocycles. The lowest BCUT2D eigenvalue weighted by molar-refractivity contribution is 0.0691. The lowest BCUT2D eigenvalue weighted by atomic mass is 10.3. The van der Waals surface area contributed by atoms with Crippen molar-refractivity contribution in [1.29, 1.82) is 0 Å². The Hall–Kier alpha value is -2.50. The number of carbonyl (C=O) groups is 2. The normalized spacial score (nSPS) is 10.0. The van der Waals surface area contributed by atoms with Crippen LogP contribution < -0.4 is 0 Å². The summed E-state index contributed by atoms with van der Waals surface area (Å²) >= 11 is 0. The van der Waals surface area contributed by atoms with Crippen LogP contribution in [-0.4, -0.2) is 31.9 Å². The van der Waals surface area contributed by atoms with Crippen molar-refractivity contribution in [3.05, 3.63) is 42.2 Å². The molecule has 0 spiro atoms. The van der Waals surface area contributed by atoms with Crippen molar-refractivity contribution in [3.8, 4) is 5.69 Å². The van der Waals surface area contributed by atoms with Gasteiger partial charge in [-0.05, 0) is 12.1 Å². The Labute approximate surface area is 90.2 Å². The topological polar surface area (TPSA) is 85.1 Å². The van der Waals surface area contributed by atoms with E-state index in [-0.39, 0.29) is 5.69 Å². The zero-order valence-corrected chi connectivity index (χ0v) is 8.07. The van der Waals surface area contributed by atoms with Crippen molar-refractivity contribution in [2.45, 2.75) is 0 Å². The van der Waals surface area contributed by atoms with Crippen molar-refractivity contribution in [3.63, 3.8) is 0 Å². The summed E-state index contributed by atoms with van der Waals surface area (Å²) in [6.07, 6.45) is 4.86. The second kappa shape index (κ2) is 3.93. The molecular weight excluding hydrogens is 210 g/mol. The Morgan fingerprint density at radius 1 is 1.38 bits per heavy atom. The SMILES string of the molecule is O=Cc1ccc(-n2cnc(C(=O)O)c2)cn1. The number of aldehydes is 1. The lowest BCUT2D eigenvalue weighted by Gasteiger charge is -1.99. The largest absolute Gasteiger partial charge is 0.476 e. The molecule has 0 aliphatic carbocycles. The number of carbonyl (C=O) groups excluding carboxylic acids is 1. The maximum absolute atomic E-state index is 10.6. The second-order valence-corrected chi connectivity index (χ2v) is 3.03. The highest BCUT2D eigenvalue weighted by Gasteiger charge is 2.07. The summed E-state index contributed by atoms with van der Waals surface area (Å²) in [5.41, 5.74) is 0.924. The van der Waals surface area contributed by atoms with Crippen LogP contribution >= 0.6 is 0 Å². The minimum Gasteiger partial charge on any atom is -0.476 e. The Balaban J connectivity index is 2.35. The van der Waals surface area contributed by atoms with E-state index >= 15 is 0 Å². The third-order valence-corrected chi connectivity index (χ3v) is 1.99. The van der Waals surface area contributed by atoms with Gasteiger partial charge in [0.1, 0.15) is 12.0 Å². The number of imidazole rings is 1. The molecular formula is C10H7N3O3. The molecule has 0 atom stereocenters. The zero-order chi connectivity index (χ0) is 11.5. The highest BCUT2D eigenvalue weighted by Crippen LogP contribution is 2.07. The van der Waals surface area contributed by atoms with Gasteiger partial charge in [-0.25, -0.2) is 9.78 Å². The van der Waals surface area contributed by atoms with E-state index in [1.807, 2.05) is 0 Å².